The molecular formula is C19H14N4O7. The topological polar surface area (TPSA) is 162 Å². The molecule has 11 nitrogen and oxygen atoms in total. The summed E-state index contributed by atoms with van der Waals surface area (Å²) in [6.45, 7) is -0.304. The van der Waals surface area contributed by atoms with Crippen LogP contribution in [0.4, 0.5) is 16.2 Å². The number of nitrogens with two attached hydrogens (primary N) is 1. The van der Waals surface area contributed by atoms with Crippen molar-refractivity contribution in [1.82, 2.24) is 5.32 Å². The number of benzene rings is 2. The number of nitro benzene ring substituents is 1. The van der Waals surface area contributed by atoms with Crippen molar-refractivity contribution in [2.24, 2.45) is 5.73 Å². The van der Waals surface area contributed by atoms with Crippen LogP contribution in [0.5, 0.6) is 5.75 Å². The summed E-state index contributed by atoms with van der Waals surface area (Å²) in [6, 6.07) is 9.96. The number of hydrogen-bond donors (Lipinski definition) is 2. The summed E-state index contributed by atoms with van der Waals surface area (Å²) < 4.78 is 5.12. The van der Waals surface area contributed by atoms with Gasteiger partial charge in [-0.2, -0.15) is 0 Å². The Morgan fingerprint density at radius 3 is 2.50 bits per heavy atom. The number of amides is 5. The lowest BCUT2D eigenvalue weighted by Crippen LogP contribution is -2.54. The zero-order chi connectivity index (χ0) is 21.8. The summed E-state index contributed by atoms with van der Waals surface area (Å²) in [5, 5.41) is 13.0. The molecule has 0 spiro atoms. The Bertz CT molecular complexity index is 1090. The van der Waals surface area contributed by atoms with E-state index in [1.807, 2.05) is 5.32 Å². The van der Waals surface area contributed by atoms with Crippen LogP contribution in [0.15, 0.2) is 54.1 Å². The summed E-state index contributed by atoms with van der Waals surface area (Å²) in [5.41, 5.74) is 4.72. The monoisotopic (exact) mass is 410 g/mol. The zero-order valence-corrected chi connectivity index (χ0v) is 15.2. The van der Waals surface area contributed by atoms with Crippen molar-refractivity contribution >= 4 is 41.2 Å². The summed E-state index contributed by atoms with van der Waals surface area (Å²) in [4.78, 5) is 58.9. The van der Waals surface area contributed by atoms with Gasteiger partial charge in [-0.3, -0.25) is 29.8 Å². The standard InChI is InChI=1S/C19H14N4O7/c20-16(24)10-30-14-6-4-11(5-7-14)8-15-17(25)21-19(27)22(18(15)26)12-2-1-3-13(9-12)23(28)29/h1-9H,10H2,(H2,20,24)(H,21,25,27)/b15-8+. The Hall–Kier alpha value is -4.54. The second-order valence-corrected chi connectivity index (χ2v) is 6.06. The van der Waals surface area contributed by atoms with Crippen molar-refractivity contribution in [3.05, 3.63) is 69.8 Å². The first-order valence-electron chi connectivity index (χ1n) is 8.43. The van der Waals surface area contributed by atoms with Crippen molar-refractivity contribution in [3.8, 4) is 5.75 Å². The normalized spacial score (nSPS) is 15.1. The van der Waals surface area contributed by atoms with E-state index in [-0.39, 0.29) is 23.6 Å². The molecule has 2 aromatic rings. The van der Waals surface area contributed by atoms with Crippen LogP contribution in [0, 0.1) is 10.1 Å². The van der Waals surface area contributed by atoms with Crippen LogP contribution in [-0.2, 0) is 14.4 Å². The van der Waals surface area contributed by atoms with Gasteiger partial charge in [0, 0.05) is 12.1 Å². The van der Waals surface area contributed by atoms with Crippen LogP contribution in [0.2, 0.25) is 0 Å². The van der Waals surface area contributed by atoms with Crippen LogP contribution in [0.25, 0.3) is 6.08 Å². The van der Waals surface area contributed by atoms with Crippen molar-refractivity contribution in [2.45, 2.75) is 0 Å². The van der Waals surface area contributed by atoms with E-state index in [0.29, 0.717) is 16.2 Å². The molecule has 5 amide bonds. The number of nitrogens with zero attached hydrogens (tertiary/aromatic N) is 2. The van der Waals surface area contributed by atoms with Crippen molar-refractivity contribution in [1.29, 1.82) is 0 Å². The second kappa shape index (κ2) is 8.22. The molecule has 0 unspecified atom stereocenters. The first kappa shape index (κ1) is 20.2. The average molecular weight is 410 g/mol. The maximum Gasteiger partial charge on any atom is 0.335 e. The molecule has 0 bridgehead atoms. The number of non-ortho nitro benzene ring substituents is 1. The Balaban J connectivity index is 1.89. The van der Waals surface area contributed by atoms with Gasteiger partial charge in [-0.15, -0.1) is 0 Å². The van der Waals surface area contributed by atoms with Crippen molar-refractivity contribution in [2.75, 3.05) is 11.5 Å². The van der Waals surface area contributed by atoms with Gasteiger partial charge in [0.15, 0.2) is 6.61 Å². The van der Waals surface area contributed by atoms with Gasteiger partial charge in [-0.25, -0.2) is 9.69 Å². The minimum absolute atomic E-state index is 0.0553. The SMILES string of the molecule is NC(=O)COc1ccc(/C=C2\C(=O)NC(=O)N(c3cccc([N+](=O)[O-])c3)C2=O)cc1. The fraction of sp³-hybridized carbons (Fsp3) is 0.0526. The Labute approximate surface area is 168 Å². The number of hydrogen-bond acceptors (Lipinski definition) is 7. The van der Waals surface area contributed by atoms with Gasteiger partial charge in [-0.05, 0) is 29.8 Å². The highest BCUT2D eigenvalue weighted by atomic mass is 16.6. The quantitative estimate of drug-likeness (QED) is 0.312. The van der Waals surface area contributed by atoms with Gasteiger partial charge < -0.3 is 10.5 Å². The lowest BCUT2D eigenvalue weighted by atomic mass is 10.1. The fourth-order valence-corrected chi connectivity index (χ4v) is 2.62. The van der Waals surface area contributed by atoms with Gasteiger partial charge in [-0.1, -0.05) is 18.2 Å². The molecule has 30 heavy (non-hydrogen) atoms. The Kier molecular flexibility index (Phi) is 5.54. The van der Waals surface area contributed by atoms with E-state index in [1.54, 1.807) is 0 Å². The third-order valence-corrected chi connectivity index (χ3v) is 3.97. The molecule has 0 radical (unpaired) electrons. The Morgan fingerprint density at radius 1 is 1.17 bits per heavy atom. The summed E-state index contributed by atoms with van der Waals surface area (Å²) in [5.74, 6) is -2.13. The molecule has 1 fully saturated rings. The molecule has 1 heterocycles. The molecular weight excluding hydrogens is 396 g/mol. The number of nitro groups is 1. The average Bonchev–Trinajstić information content (AvgIpc) is 2.70. The zero-order valence-electron chi connectivity index (χ0n) is 15.2. The van der Waals surface area contributed by atoms with E-state index in [9.17, 15) is 29.3 Å². The molecule has 1 aliphatic heterocycles. The Morgan fingerprint density at radius 2 is 1.87 bits per heavy atom. The lowest BCUT2D eigenvalue weighted by Gasteiger charge is -2.26. The van der Waals surface area contributed by atoms with Crippen LogP contribution in [0.1, 0.15) is 5.56 Å². The number of anilines is 1. The molecule has 3 rings (SSSR count). The predicted molar refractivity (Wildman–Crippen MR) is 103 cm³/mol. The van der Waals surface area contributed by atoms with Crippen LogP contribution in [0.3, 0.4) is 0 Å². The van der Waals surface area contributed by atoms with E-state index < -0.39 is 28.7 Å². The first-order chi connectivity index (χ1) is 14.3. The van der Waals surface area contributed by atoms with E-state index in [1.165, 1.54) is 48.5 Å². The molecule has 0 aromatic heterocycles. The number of primary amides is 1. The number of urea groups is 1. The van der Waals surface area contributed by atoms with Gasteiger partial charge >= 0.3 is 6.03 Å². The third-order valence-electron chi connectivity index (χ3n) is 3.97. The van der Waals surface area contributed by atoms with E-state index in [0.717, 1.165) is 6.07 Å². The number of imide groups is 2. The predicted octanol–water partition coefficient (Wildman–Crippen LogP) is 1.13. The van der Waals surface area contributed by atoms with Crippen LogP contribution >= 0.6 is 0 Å². The minimum Gasteiger partial charge on any atom is -0.484 e. The second-order valence-electron chi connectivity index (χ2n) is 6.06. The minimum atomic E-state index is -1.02. The van der Waals surface area contributed by atoms with Crippen molar-refractivity contribution in [3.63, 3.8) is 0 Å². The molecule has 3 N–H and O–H groups in total. The van der Waals surface area contributed by atoms with Crippen LogP contribution < -0.4 is 20.7 Å². The number of ether oxygens (including phenoxy) is 1. The highest BCUT2D eigenvalue weighted by molar-refractivity contribution is 6.39. The number of barbiturate groups is 1. The first-order valence-corrected chi connectivity index (χ1v) is 8.43. The number of rotatable bonds is 6. The summed E-state index contributed by atoms with van der Waals surface area (Å²) in [6.07, 6.45) is 1.26. The molecule has 0 aliphatic carbocycles. The van der Waals surface area contributed by atoms with Crippen molar-refractivity contribution < 1.29 is 28.8 Å². The fourth-order valence-electron chi connectivity index (χ4n) is 2.62. The van der Waals surface area contributed by atoms with E-state index >= 15 is 0 Å². The van der Waals surface area contributed by atoms with Gasteiger partial charge in [0.25, 0.3) is 23.4 Å². The van der Waals surface area contributed by atoms with Crippen LogP contribution in [-0.4, -0.2) is 35.3 Å². The molecule has 1 aliphatic rings. The summed E-state index contributed by atoms with van der Waals surface area (Å²) in [7, 11) is 0. The van der Waals surface area contributed by atoms with Gasteiger partial charge in [0.1, 0.15) is 11.3 Å². The molecule has 1 saturated heterocycles. The van der Waals surface area contributed by atoms with Gasteiger partial charge in [0.05, 0.1) is 10.6 Å². The van der Waals surface area contributed by atoms with E-state index in [2.05, 4.69) is 0 Å². The smallest absolute Gasteiger partial charge is 0.335 e. The molecule has 0 atom stereocenters. The maximum absolute atomic E-state index is 12.8. The molecule has 2 aromatic carbocycles. The summed E-state index contributed by atoms with van der Waals surface area (Å²) >= 11 is 0. The largest absolute Gasteiger partial charge is 0.484 e. The van der Waals surface area contributed by atoms with Gasteiger partial charge in [0.2, 0.25) is 0 Å². The molecule has 0 saturated carbocycles. The molecule has 152 valence electrons. The number of carbonyl (C=O) groups is 4. The molecule has 11 heteroatoms. The number of nitrogens with one attached hydrogen (secondary N) is 1. The highest BCUT2D eigenvalue weighted by Crippen LogP contribution is 2.25. The maximum atomic E-state index is 12.8. The highest BCUT2D eigenvalue weighted by Gasteiger charge is 2.37. The van der Waals surface area contributed by atoms with E-state index in [4.69, 9.17) is 10.5 Å². The number of carbonyl (C=O) groups excluding carboxylic acids is 4. The third kappa shape index (κ3) is 4.30. The lowest BCUT2D eigenvalue weighted by molar-refractivity contribution is -0.384.